The molecule has 1 aromatic rings. The summed E-state index contributed by atoms with van der Waals surface area (Å²) in [6.07, 6.45) is 2.09. The van der Waals surface area contributed by atoms with Crippen molar-refractivity contribution in [2.75, 3.05) is 6.61 Å². The van der Waals surface area contributed by atoms with Gasteiger partial charge in [-0.1, -0.05) is 36.8 Å². The van der Waals surface area contributed by atoms with Gasteiger partial charge in [-0.3, -0.25) is 4.79 Å². The zero-order chi connectivity index (χ0) is 22.2. The average Bonchev–Trinajstić information content (AvgIpc) is 2.61. The lowest BCUT2D eigenvalue weighted by molar-refractivity contribution is -0.143. The Bertz CT molecular complexity index is 682. The fourth-order valence-corrected chi connectivity index (χ4v) is 3.21. The molecule has 29 heavy (non-hydrogen) atoms. The number of aliphatic hydroxyl groups is 1. The average molecular weight is 408 g/mol. The first-order chi connectivity index (χ1) is 13.4. The Kier molecular flexibility index (Phi) is 9.14. The van der Waals surface area contributed by atoms with E-state index in [1.165, 1.54) is 0 Å². The van der Waals surface area contributed by atoms with E-state index in [-0.39, 0.29) is 18.6 Å². The highest BCUT2D eigenvalue weighted by atomic mass is 16.6. The first-order valence-corrected chi connectivity index (χ1v) is 10.3. The molecule has 6 nitrogen and oxygen atoms in total. The summed E-state index contributed by atoms with van der Waals surface area (Å²) in [5.74, 6) is -0.567. The zero-order valence-corrected chi connectivity index (χ0v) is 18.6. The molecule has 164 valence electrons. The minimum Gasteiger partial charge on any atom is -0.481 e. The summed E-state index contributed by atoms with van der Waals surface area (Å²) < 4.78 is 5.23. The van der Waals surface area contributed by atoms with Gasteiger partial charge in [0.15, 0.2) is 0 Å². The van der Waals surface area contributed by atoms with Crippen LogP contribution in [0, 0.1) is 12.8 Å². The molecule has 0 aliphatic carbocycles. The van der Waals surface area contributed by atoms with Crippen LogP contribution in [0.2, 0.25) is 0 Å². The number of alkyl carbamates (subject to hydrolysis) is 1. The number of amides is 1. The van der Waals surface area contributed by atoms with E-state index in [0.717, 1.165) is 24.0 Å². The third kappa shape index (κ3) is 8.44. The van der Waals surface area contributed by atoms with Crippen LogP contribution in [0.5, 0.6) is 0 Å². The largest absolute Gasteiger partial charge is 0.481 e. The first kappa shape index (κ1) is 25.0. The molecule has 0 saturated carbocycles. The van der Waals surface area contributed by atoms with Crippen molar-refractivity contribution < 1.29 is 24.5 Å². The molecule has 1 amide bonds. The third-order valence-corrected chi connectivity index (χ3v) is 5.21. The van der Waals surface area contributed by atoms with Crippen molar-refractivity contribution in [2.24, 2.45) is 5.92 Å². The maximum Gasteiger partial charge on any atom is 0.407 e. The summed E-state index contributed by atoms with van der Waals surface area (Å²) in [5, 5.41) is 22.1. The second-order valence-electron chi connectivity index (χ2n) is 9.25. The summed E-state index contributed by atoms with van der Waals surface area (Å²) >= 11 is 0. The van der Waals surface area contributed by atoms with Gasteiger partial charge in [0.05, 0.1) is 18.1 Å². The predicted octanol–water partition coefficient (Wildman–Crippen LogP) is 4.42. The Morgan fingerprint density at radius 1 is 1.14 bits per heavy atom. The molecule has 1 aromatic carbocycles. The quantitative estimate of drug-likeness (QED) is 0.534. The van der Waals surface area contributed by atoms with Gasteiger partial charge in [-0.25, -0.2) is 4.79 Å². The van der Waals surface area contributed by atoms with Gasteiger partial charge in [0.2, 0.25) is 0 Å². The number of ether oxygens (including phenoxy) is 1. The topological polar surface area (TPSA) is 95.9 Å². The standard InChI is InChI=1S/C23H37NO5/c1-16(10-11-19(15-25)24-21(28)29-22(3,4)5)12-13-23(6,20(26)27)18-9-7-8-17(2)14-18/h7-9,14,16,19,25H,10-13,15H2,1-6H3,(H,24,28)(H,26,27). The van der Waals surface area contributed by atoms with Crippen molar-refractivity contribution in [3.8, 4) is 0 Å². The van der Waals surface area contributed by atoms with E-state index in [2.05, 4.69) is 12.2 Å². The van der Waals surface area contributed by atoms with Gasteiger partial charge < -0.3 is 20.3 Å². The second kappa shape index (κ2) is 10.6. The van der Waals surface area contributed by atoms with Crippen molar-refractivity contribution in [3.63, 3.8) is 0 Å². The highest BCUT2D eigenvalue weighted by Crippen LogP contribution is 2.32. The Labute approximate surface area is 174 Å². The maximum atomic E-state index is 12.0. The van der Waals surface area contributed by atoms with E-state index < -0.39 is 23.1 Å². The molecule has 3 atom stereocenters. The zero-order valence-electron chi connectivity index (χ0n) is 18.6. The molecule has 0 bridgehead atoms. The predicted molar refractivity (Wildman–Crippen MR) is 114 cm³/mol. The van der Waals surface area contributed by atoms with Crippen LogP contribution >= 0.6 is 0 Å². The molecule has 3 N–H and O–H groups in total. The summed E-state index contributed by atoms with van der Waals surface area (Å²) in [6.45, 7) is 11.0. The third-order valence-electron chi connectivity index (χ3n) is 5.21. The molecule has 0 saturated heterocycles. The molecule has 1 rings (SSSR count). The lowest BCUT2D eigenvalue weighted by Gasteiger charge is -2.28. The van der Waals surface area contributed by atoms with Gasteiger partial charge in [0.1, 0.15) is 5.60 Å². The van der Waals surface area contributed by atoms with Crippen LogP contribution in [0.3, 0.4) is 0 Å². The molecular weight excluding hydrogens is 370 g/mol. The van der Waals surface area contributed by atoms with E-state index in [0.29, 0.717) is 12.8 Å². The second-order valence-corrected chi connectivity index (χ2v) is 9.25. The number of aliphatic hydroxyl groups excluding tert-OH is 1. The van der Waals surface area contributed by atoms with E-state index in [9.17, 15) is 19.8 Å². The van der Waals surface area contributed by atoms with Crippen LogP contribution in [-0.2, 0) is 14.9 Å². The number of hydrogen-bond donors (Lipinski definition) is 3. The number of rotatable bonds is 10. The van der Waals surface area contributed by atoms with Gasteiger partial charge in [-0.15, -0.1) is 0 Å². The van der Waals surface area contributed by atoms with Crippen molar-refractivity contribution in [1.82, 2.24) is 5.32 Å². The van der Waals surface area contributed by atoms with Crippen LogP contribution in [-0.4, -0.2) is 40.5 Å². The number of aryl methyl sites for hydroxylation is 1. The van der Waals surface area contributed by atoms with Crippen LogP contribution in [0.4, 0.5) is 4.79 Å². The molecule has 3 unspecified atom stereocenters. The van der Waals surface area contributed by atoms with Crippen molar-refractivity contribution in [1.29, 1.82) is 0 Å². The Balaban J connectivity index is 2.60. The van der Waals surface area contributed by atoms with Gasteiger partial charge in [0, 0.05) is 0 Å². The molecule has 0 fully saturated rings. The number of hydrogen-bond acceptors (Lipinski definition) is 4. The normalized spacial score (nSPS) is 15.8. The van der Waals surface area contributed by atoms with Gasteiger partial charge >= 0.3 is 12.1 Å². The van der Waals surface area contributed by atoms with E-state index in [4.69, 9.17) is 4.74 Å². The van der Waals surface area contributed by atoms with Gasteiger partial charge in [0.25, 0.3) is 0 Å². The van der Waals surface area contributed by atoms with Crippen LogP contribution in [0.1, 0.15) is 71.4 Å². The molecule has 0 heterocycles. The van der Waals surface area contributed by atoms with Crippen LogP contribution in [0.15, 0.2) is 24.3 Å². The Morgan fingerprint density at radius 2 is 1.79 bits per heavy atom. The number of aliphatic carboxylic acids is 1. The molecule has 6 heteroatoms. The summed E-state index contributed by atoms with van der Waals surface area (Å²) in [6, 6.07) is 7.28. The smallest absolute Gasteiger partial charge is 0.407 e. The highest BCUT2D eigenvalue weighted by Gasteiger charge is 2.35. The van der Waals surface area contributed by atoms with Crippen LogP contribution < -0.4 is 5.32 Å². The van der Waals surface area contributed by atoms with Crippen molar-refractivity contribution >= 4 is 12.1 Å². The molecule has 0 spiro atoms. The summed E-state index contributed by atoms with van der Waals surface area (Å²) in [4.78, 5) is 23.9. The van der Waals surface area contributed by atoms with Crippen molar-refractivity contribution in [2.45, 2.75) is 84.3 Å². The van der Waals surface area contributed by atoms with Crippen molar-refractivity contribution in [3.05, 3.63) is 35.4 Å². The van der Waals surface area contributed by atoms with Gasteiger partial charge in [-0.05, 0) is 71.8 Å². The number of nitrogens with one attached hydrogen (secondary N) is 1. The number of carboxylic acids is 1. The van der Waals surface area contributed by atoms with E-state index in [1.54, 1.807) is 27.7 Å². The van der Waals surface area contributed by atoms with E-state index in [1.807, 2.05) is 31.2 Å². The molecule has 0 radical (unpaired) electrons. The molecule has 0 aliphatic rings. The Hall–Kier alpha value is -2.08. The van der Waals surface area contributed by atoms with Crippen LogP contribution in [0.25, 0.3) is 0 Å². The lowest BCUT2D eigenvalue weighted by atomic mass is 9.76. The SMILES string of the molecule is Cc1cccc(C(C)(CCC(C)CCC(CO)NC(=O)OC(C)(C)C)C(=O)O)c1. The summed E-state index contributed by atoms with van der Waals surface area (Å²) in [7, 11) is 0. The first-order valence-electron chi connectivity index (χ1n) is 10.3. The fourth-order valence-electron chi connectivity index (χ4n) is 3.21. The highest BCUT2D eigenvalue weighted by molar-refractivity contribution is 5.80. The maximum absolute atomic E-state index is 12.0. The minimum atomic E-state index is -0.939. The minimum absolute atomic E-state index is 0.165. The van der Waals surface area contributed by atoms with E-state index >= 15 is 0 Å². The van der Waals surface area contributed by atoms with Gasteiger partial charge in [-0.2, -0.15) is 0 Å². The molecule has 0 aromatic heterocycles. The number of benzene rings is 1. The summed E-state index contributed by atoms with van der Waals surface area (Å²) in [5.41, 5.74) is 0.332. The molecule has 0 aliphatic heterocycles. The Morgan fingerprint density at radius 3 is 2.31 bits per heavy atom. The lowest BCUT2D eigenvalue weighted by Crippen LogP contribution is -2.41. The number of carbonyl (C=O) groups excluding carboxylic acids is 1. The molecular formula is C23H37NO5. The number of carboxylic acid groups (broad SMARTS) is 1. The monoisotopic (exact) mass is 407 g/mol. The number of carbonyl (C=O) groups is 2. The fraction of sp³-hybridized carbons (Fsp3) is 0.652.